The average Bonchev–Trinajstić information content (AvgIpc) is 2.86. The second-order valence-electron chi connectivity index (χ2n) is 6.97. The molecule has 0 heterocycles. The van der Waals surface area contributed by atoms with Crippen molar-refractivity contribution in [3.8, 4) is 0 Å². The van der Waals surface area contributed by atoms with Crippen molar-refractivity contribution < 1.29 is 0 Å². The van der Waals surface area contributed by atoms with E-state index in [1.54, 1.807) is 0 Å². The molecule has 2 nitrogen and oxygen atoms in total. The van der Waals surface area contributed by atoms with Gasteiger partial charge < -0.3 is 0 Å². The minimum absolute atomic E-state index is 0.999. The van der Waals surface area contributed by atoms with Crippen LogP contribution in [0.15, 0.2) is 129 Å². The summed E-state index contributed by atoms with van der Waals surface area (Å²) in [7, 11) is 0. The van der Waals surface area contributed by atoms with Crippen LogP contribution in [-0.2, 0) is 0 Å². The molecule has 4 aromatic rings. The van der Waals surface area contributed by atoms with Crippen LogP contribution in [0.1, 0.15) is 11.1 Å². The van der Waals surface area contributed by atoms with Gasteiger partial charge in [-0.25, -0.2) is 0 Å². The molecule has 0 saturated heterocycles. The Labute approximate surface area is 198 Å². The fraction of sp³-hybridized carbons (Fsp3) is 0.0714. The van der Waals surface area contributed by atoms with Crippen molar-refractivity contribution in [1.29, 1.82) is 0 Å². The van der Waals surface area contributed by atoms with Gasteiger partial charge in [0.05, 0.1) is 11.4 Å². The van der Waals surface area contributed by atoms with Crippen LogP contribution in [0.2, 0.25) is 0 Å². The van der Waals surface area contributed by atoms with E-state index in [4.69, 9.17) is 9.98 Å². The highest BCUT2D eigenvalue weighted by Crippen LogP contribution is 2.33. The van der Waals surface area contributed by atoms with Crippen LogP contribution in [0.3, 0.4) is 0 Å². The molecule has 4 rings (SSSR count). The maximum absolute atomic E-state index is 4.71. The minimum Gasteiger partial charge on any atom is -0.255 e. The van der Waals surface area contributed by atoms with E-state index >= 15 is 0 Å². The maximum Gasteiger partial charge on any atom is 0.0765 e. The first-order chi connectivity index (χ1) is 15.9. The van der Waals surface area contributed by atoms with E-state index in [2.05, 4.69) is 60.7 Å². The molecule has 32 heavy (non-hydrogen) atoms. The van der Waals surface area contributed by atoms with Crippen molar-refractivity contribution in [2.24, 2.45) is 9.98 Å². The van der Waals surface area contributed by atoms with E-state index in [-0.39, 0.29) is 0 Å². The molecule has 0 radical (unpaired) electrons. The van der Waals surface area contributed by atoms with Gasteiger partial charge in [-0.3, -0.25) is 9.98 Å². The zero-order valence-corrected chi connectivity index (χ0v) is 19.3. The lowest BCUT2D eigenvalue weighted by molar-refractivity contribution is 1.36. The Balaban J connectivity index is 1.35. The first kappa shape index (κ1) is 22.1. The molecule has 0 aromatic heterocycles. The van der Waals surface area contributed by atoms with Gasteiger partial charge in [-0.05, 0) is 35.4 Å². The monoisotopic (exact) mass is 452 g/mol. The number of aliphatic imine (C=N–C) groups is 2. The third kappa shape index (κ3) is 6.71. The van der Waals surface area contributed by atoms with Crippen molar-refractivity contribution in [3.05, 3.63) is 120 Å². The molecule has 0 spiro atoms. The molecular weight excluding hydrogens is 428 g/mol. The van der Waals surface area contributed by atoms with Crippen molar-refractivity contribution in [2.45, 2.75) is 9.79 Å². The SMILES string of the molecule is C(=Nc1ccccc1SCCSc1ccccc1N=Cc1ccccc1)c1ccccc1. The second-order valence-corrected chi connectivity index (χ2v) is 9.24. The predicted molar refractivity (Wildman–Crippen MR) is 142 cm³/mol. The number of para-hydroxylation sites is 2. The van der Waals surface area contributed by atoms with Crippen LogP contribution in [0.4, 0.5) is 11.4 Å². The fourth-order valence-corrected chi connectivity index (χ4v) is 5.03. The highest BCUT2D eigenvalue weighted by atomic mass is 32.2. The zero-order chi connectivity index (χ0) is 21.8. The van der Waals surface area contributed by atoms with E-state index < -0.39 is 0 Å². The summed E-state index contributed by atoms with van der Waals surface area (Å²) in [4.78, 5) is 11.8. The van der Waals surface area contributed by atoms with Gasteiger partial charge in [0.25, 0.3) is 0 Å². The Hall–Kier alpha value is -3.08. The quantitative estimate of drug-likeness (QED) is 0.146. The van der Waals surface area contributed by atoms with Gasteiger partial charge in [0.2, 0.25) is 0 Å². The average molecular weight is 453 g/mol. The molecule has 0 aliphatic rings. The lowest BCUT2D eigenvalue weighted by Gasteiger charge is -2.07. The Morgan fingerprint density at radius 3 is 1.28 bits per heavy atom. The summed E-state index contributed by atoms with van der Waals surface area (Å²) in [6.45, 7) is 0. The Kier molecular flexibility index (Phi) is 8.36. The summed E-state index contributed by atoms with van der Waals surface area (Å²) < 4.78 is 0. The van der Waals surface area contributed by atoms with Crippen LogP contribution >= 0.6 is 23.5 Å². The lowest BCUT2D eigenvalue weighted by Crippen LogP contribution is -1.86. The summed E-state index contributed by atoms with van der Waals surface area (Å²) in [5.74, 6) is 2.00. The molecule has 4 aromatic carbocycles. The molecule has 0 aliphatic heterocycles. The molecule has 0 atom stereocenters. The molecule has 0 unspecified atom stereocenters. The van der Waals surface area contributed by atoms with E-state index in [9.17, 15) is 0 Å². The highest BCUT2D eigenvalue weighted by molar-refractivity contribution is 8.03. The van der Waals surface area contributed by atoms with Gasteiger partial charge in [-0.2, -0.15) is 0 Å². The van der Waals surface area contributed by atoms with Crippen LogP contribution in [0.25, 0.3) is 0 Å². The van der Waals surface area contributed by atoms with Crippen LogP contribution in [-0.4, -0.2) is 23.9 Å². The van der Waals surface area contributed by atoms with Crippen molar-refractivity contribution in [1.82, 2.24) is 0 Å². The Bertz CT molecular complexity index is 1080. The first-order valence-electron chi connectivity index (χ1n) is 10.5. The number of rotatable bonds is 9. The number of nitrogens with zero attached hydrogens (tertiary/aromatic N) is 2. The van der Waals surface area contributed by atoms with Crippen LogP contribution in [0.5, 0.6) is 0 Å². The molecule has 0 saturated carbocycles. The van der Waals surface area contributed by atoms with E-state index in [1.165, 1.54) is 9.79 Å². The largest absolute Gasteiger partial charge is 0.255 e. The topological polar surface area (TPSA) is 24.7 Å². The summed E-state index contributed by atoms with van der Waals surface area (Å²) in [6, 6.07) is 37.1. The molecule has 0 aliphatic carbocycles. The summed E-state index contributed by atoms with van der Waals surface area (Å²) in [5, 5.41) is 0. The summed E-state index contributed by atoms with van der Waals surface area (Å²) in [5.41, 5.74) is 4.24. The number of benzene rings is 4. The Morgan fingerprint density at radius 2 is 0.844 bits per heavy atom. The zero-order valence-electron chi connectivity index (χ0n) is 17.7. The fourth-order valence-electron chi connectivity index (χ4n) is 3.04. The Morgan fingerprint density at radius 1 is 0.469 bits per heavy atom. The minimum atomic E-state index is 0.999. The normalized spacial score (nSPS) is 11.4. The van der Waals surface area contributed by atoms with Gasteiger partial charge >= 0.3 is 0 Å². The first-order valence-corrected chi connectivity index (χ1v) is 12.5. The van der Waals surface area contributed by atoms with Crippen LogP contribution < -0.4 is 0 Å². The van der Waals surface area contributed by atoms with E-state index in [0.29, 0.717) is 0 Å². The highest BCUT2D eigenvalue weighted by Gasteiger charge is 2.04. The van der Waals surface area contributed by atoms with Crippen molar-refractivity contribution >= 4 is 47.3 Å². The third-order valence-electron chi connectivity index (χ3n) is 4.63. The molecular formula is C28H24N2S2. The second kappa shape index (κ2) is 12.1. The number of thioether (sulfide) groups is 2. The van der Waals surface area contributed by atoms with E-state index in [0.717, 1.165) is 34.0 Å². The van der Waals surface area contributed by atoms with Gasteiger partial charge in [0, 0.05) is 33.7 Å². The standard InChI is InChI=1S/C28H24N2S2/c1-3-11-23(12-4-1)21-29-25-15-7-9-17-27(25)31-19-20-32-28-18-10-8-16-26(28)30-22-24-13-5-2-6-14-24/h1-18,21-22H,19-20H2. The molecule has 0 amide bonds. The number of hydrogen-bond acceptors (Lipinski definition) is 4. The summed E-state index contributed by atoms with van der Waals surface area (Å²) >= 11 is 3.69. The third-order valence-corrected chi connectivity index (χ3v) is 7.02. The lowest BCUT2D eigenvalue weighted by atomic mass is 10.2. The summed E-state index contributed by atoms with van der Waals surface area (Å²) in [6.07, 6.45) is 3.85. The molecule has 0 bridgehead atoms. The van der Waals surface area contributed by atoms with Crippen molar-refractivity contribution in [2.75, 3.05) is 11.5 Å². The predicted octanol–water partition coefficient (Wildman–Crippen LogP) is 8.07. The molecule has 4 heteroatoms. The van der Waals surface area contributed by atoms with Gasteiger partial charge in [-0.1, -0.05) is 84.9 Å². The van der Waals surface area contributed by atoms with E-state index in [1.807, 2.05) is 84.5 Å². The van der Waals surface area contributed by atoms with Crippen molar-refractivity contribution in [3.63, 3.8) is 0 Å². The van der Waals surface area contributed by atoms with Crippen LogP contribution in [0, 0.1) is 0 Å². The van der Waals surface area contributed by atoms with Gasteiger partial charge in [-0.15, -0.1) is 23.5 Å². The molecule has 0 fully saturated rings. The smallest absolute Gasteiger partial charge is 0.0765 e. The molecule has 158 valence electrons. The van der Waals surface area contributed by atoms with Gasteiger partial charge in [0.15, 0.2) is 0 Å². The molecule has 0 N–H and O–H groups in total. The number of hydrogen-bond donors (Lipinski definition) is 0. The van der Waals surface area contributed by atoms with Gasteiger partial charge in [0.1, 0.15) is 0 Å². The maximum atomic E-state index is 4.71.